The van der Waals surface area contributed by atoms with E-state index >= 15 is 0 Å². The van der Waals surface area contributed by atoms with E-state index in [1.807, 2.05) is 0 Å². The molecule has 0 radical (unpaired) electrons. The van der Waals surface area contributed by atoms with Crippen molar-refractivity contribution in [1.29, 1.82) is 0 Å². The maximum Gasteiger partial charge on any atom is 0.302 e. The Morgan fingerprint density at radius 3 is 2.53 bits per heavy atom. The molecule has 4 aliphatic rings. The second-order valence-electron chi connectivity index (χ2n) is 12.5. The number of ketones is 1. The number of esters is 1. The quantitative estimate of drug-likeness (QED) is 0.539. The van der Waals surface area contributed by atoms with Gasteiger partial charge in [0, 0.05) is 30.9 Å². The average Bonchev–Trinajstić information content (AvgIpc) is 2.99. The molecule has 0 aliphatic heterocycles. The molecule has 180 valence electrons. The monoisotopic (exact) mass is 444 g/mol. The van der Waals surface area contributed by atoms with Crippen LogP contribution in [-0.4, -0.2) is 29.6 Å². The molecular formula is C28H44O4. The largest absolute Gasteiger partial charge is 0.462 e. The predicted octanol–water partition coefficient (Wildman–Crippen LogP) is 5.86. The van der Waals surface area contributed by atoms with Crippen LogP contribution in [0.2, 0.25) is 0 Å². The second-order valence-corrected chi connectivity index (χ2v) is 12.5. The molecule has 4 aliphatic carbocycles. The van der Waals surface area contributed by atoms with Crippen molar-refractivity contribution in [2.75, 3.05) is 6.61 Å². The van der Waals surface area contributed by atoms with Crippen LogP contribution in [0.4, 0.5) is 0 Å². The van der Waals surface area contributed by atoms with E-state index in [9.17, 15) is 14.7 Å². The molecule has 3 saturated carbocycles. The van der Waals surface area contributed by atoms with E-state index in [4.69, 9.17) is 4.74 Å². The first-order valence-electron chi connectivity index (χ1n) is 13.0. The average molecular weight is 445 g/mol. The molecule has 4 rings (SSSR count). The van der Waals surface area contributed by atoms with E-state index in [0.29, 0.717) is 35.9 Å². The summed E-state index contributed by atoms with van der Waals surface area (Å²) >= 11 is 0. The van der Waals surface area contributed by atoms with Gasteiger partial charge in [-0.1, -0.05) is 40.2 Å². The van der Waals surface area contributed by atoms with Crippen LogP contribution < -0.4 is 0 Å². The van der Waals surface area contributed by atoms with Gasteiger partial charge in [-0.05, 0) is 85.9 Å². The Balaban J connectivity index is 1.67. The van der Waals surface area contributed by atoms with Gasteiger partial charge >= 0.3 is 5.97 Å². The van der Waals surface area contributed by atoms with Crippen LogP contribution in [0.25, 0.3) is 0 Å². The Bertz CT molecular complexity index is 810. The van der Waals surface area contributed by atoms with Gasteiger partial charge in [0.2, 0.25) is 0 Å². The fourth-order valence-corrected chi connectivity index (χ4v) is 9.04. The molecule has 0 aromatic carbocycles. The standard InChI is InChI=1S/C28H44O4/c1-17(8-7-15-29)21-16-22(31)25-19-9-10-23-26(3,4)24(32-18(2)30)12-14-27(23,5)20(19)11-13-28(21,25)6/h17,20-21,23-24,29H,7-16H2,1-6H3/t17-,20+,21-,23+,24+,27-,28-/m1/s1. The molecule has 3 fully saturated rings. The molecule has 32 heavy (non-hydrogen) atoms. The van der Waals surface area contributed by atoms with Crippen molar-refractivity contribution in [2.24, 2.45) is 39.9 Å². The molecule has 0 unspecified atom stereocenters. The molecule has 4 nitrogen and oxygen atoms in total. The first-order valence-corrected chi connectivity index (χ1v) is 13.0. The van der Waals surface area contributed by atoms with Crippen molar-refractivity contribution in [3.63, 3.8) is 0 Å². The predicted molar refractivity (Wildman–Crippen MR) is 126 cm³/mol. The molecule has 1 N–H and O–H groups in total. The van der Waals surface area contributed by atoms with Crippen molar-refractivity contribution in [3.8, 4) is 0 Å². The number of carbonyl (C=O) groups is 2. The summed E-state index contributed by atoms with van der Waals surface area (Å²) in [6, 6.07) is 0. The van der Waals surface area contributed by atoms with Gasteiger partial charge in [0.15, 0.2) is 5.78 Å². The normalized spacial score (nSPS) is 41.5. The molecular weight excluding hydrogens is 400 g/mol. The van der Waals surface area contributed by atoms with Crippen molar-refractivity contribution in [3.05, 3.63) is 11.1 Å². The number of fused-ring (bicyclic) bond motifs is 4. The molecule has 0 aromatic rings. The Labute approximate surface area is 194 Å². The first-order chi connectivity index (χ1) is 15.0. The van der Waals surface area contributed by atoms with E-state index in [-0.39, 0.29) is 34.9 Å². The number of hydrogen-bond acceptors (Lipinski definition) is 4. The van der Waals surface area contributed by atoms with Gasteiger partial charge in [-0.2, -0.15) is 0 Å². The van der Waals surface area contributed by atoms with E-state index in [2.05, 4.69) is 34.6 Å². The van der Waals surface area contributed by atoms with Crippen LogP contribution in [0.15, 0.2) is 11.1 Å². The van der Waals surface area contributed by atoms with Crippen LogP contribution >= 0.6 is 0 Å². The topological polar surface area (TPSA) is 63.6 Å². The van der Waals surface area contributed by atoms with Crippen LogP contribution in [0.5, 0.6) is 0 Å². The summed E-state index contributed by atoms with van der Waals surface area (Å²) in [7, 11) is 0. The molecule has 0 heterocycles. The van der Waals surface area contributed by atoms with Crippen molar-refractivity contribution in [2.45, 2.75) is 105 Å². The van der Waals surface area contributed by atoms with Crippen molar-refractivity contribution >= 4 is 11.8 Å². The van der Waals surface area contributed by atoms with E-state index in [0.717, 1.165) is 44.9 Å². The number of rotatable bonds is 5. The lowest BCUT2D eigenvalue weighted by molar-refractivity contribution is -0.175. The van der Waals surface area contributed by atoms with Gasteiger partial charge in [0.1, 0.15) is 6.10 Å². The Hall–Kier alpha value is -1.16. The van der Waals surface area contributed by atoms with Crippen LogP contribution in [0.1, 0.15) is 99.3 Å². The summed E-state index contributed by atoms with van der Waals surface area (Å²) in [6.07, 6.45) is 8.89. The first kappa shape index (κ1) is 24.0. The summed E-state index contributed by atoms with van der Waals surface area (Å²) in [6.45, 7) is 13.5. The van der Waals surface area contributed by atoms with Crippen LogP contribution in [0, 0.1) is 39.9 Å². The molecule has 0 amide bonds. The van der Waals surface area contributed by atoms with Crippen LogP contribution in [0.3, 0.4) is 0 Å². The van der Waals surface area contributed by atoms with E-state index in [1.54, 1.807) is 0 Å². The molecule has 0 bridgehead atoms. The molecule has 0 spiro atoms. The third-order valence-corrected chi connectivity index (χ3v) is 10.5. The highest BCUT2D eigenvalue weighted by molar-refractivity contribution is 6.00. The van der Waals surface area contributed by atoms with Gasteiger partial charge < -0.3 is 9.84 Å². The Morgan fingerprint density at radius 2 is 1.88 bits per heavy atom. The Kier molecular flexibility index (Phi) is 6.18. The number of Topliss-reactive ketones (excluding diaryl/α,β-unsaturated/α-hetero) is 1. The number of ether oxygens (including phenoxy) is 1. The lowest BCUT2D eigenvalue weighted by Crippen LogP contribution is -2.56. The summed E-state index contributed by atoms with van der Waals surface area (Å²) in [5, 5.41) is 9.30. The van der Waals surface area contributed by atoms with Gasteiger partial charge in [-0.15, -0.1) is 0 Å². The van der Waals surface area contributed by atoms with Gasteiger partial charge in [0.05, 0.1) is 0 Å². The third kappa shape index (κ3) is 3.51. The second kappa shape index (κ2) is 8.25. The molecule has 0 saturated heterocycles. The molecule has 7 atom stereocenters. The van der Waals surface area contributed by atoms with Gasteiger partial charge in [-0.3, -0.25) is 9.59 Å². The maximum absolute atomic E-state index is 13.5. The minimum Gasteiger partial charge on any atom is -0.462 e. The lowest BCUT2D eigenvalue weighted by Gasteiger charge is -2.61. The minimum absolute atomic E-state index is 0.00540. The highest BCUT2D eigenvalue weighted by Crippen LogP contribution is 2.67. The fourth-order valence-electron chi connectivity index (χ4n) is 9.04. The zero-order valence-corrected chi connectivity index (χ0v) is 21.1. The Morgan fingerprint density at radius 1 is 1.16 bits per heavy atom. The van der Waals surface area contributed by atoms with Gasteiger partial charge in [-0.25, -0.2) is 0 Å². The van der Waals surface area contributed by atoms with Crippen molar-refractivity contribution in [1.82, 2.24) is 0 Å². The maximum atomic E-state index is 13.5. The number of hydrogen-bond donors (Lipinski definition) is 1. The molecule has 0 aromatic heterocycles. The zero-order valence-electron chi connectivity index (χ0n) is 21.1. The summed E-state index contributed by atoms with van der Waals surface area (Å²) in [5.41, 5.74) is 2.82. The van der Waals surface area contributed by atoms with Crippen LogP contribution in [-0.2, 0) is 14.3 Å². The fraction of sp³-hybridized carbons (Fsp3) is 0.857. The minimum atomic E-state index is -0.170. The van der Waals surface area contributed by atoms with E-state index < -0.39 is 0 Å². The number of allylic oxidation sites excluding steroid dienone is 2. The highest BCUT2D eigenvalue weighted by atomic mass is 16.5. The number of aliphatic hydroxyl groups is 1. The van der Waals surface area contributed by atoms with E-state index in [1.165, 1.54) is 24.5 Å². The SMILES string of the molecule is CC(=O)O[C@H]1CC[C@]2(C)[C@H]3CC[C@@]4(C)C(=C3CC[C@H]2C1(C)C)C(=O)C[C@@H]4[C@H](C)CCCO. The highest BCUT2D eigenvalue weighted by Gasteiger charge is 2.61. The smallest absolute Gasteiger partial charge is 0.302 e. The lowest BCUT2D eigenvalue weighted by atomic mass is 9.44. The number of aliphatic hydroxyl groups excluding tert-OH is 1. The summed E-state index contributed by atoms with van der Waals surface area (Å²) < 4.78 is 5.79. The van der Waals surface area contributed by atoms with Gasteiger partial charge in [0.25, 0.3) is 0 Å². The number of carbonyl (C=O) groups excluding carboxylic acids is 2. The summed E-state index contributed by atoms with van der Waals surface area (Å²) in [5.74, 6) is 2.10. The zero-order chi connectivity index (χ0) is 23.5. The molecule has 4 heteroatoms. The third-order valence-electron chi connectivity index (χ3n) is 10.5. The summed E-state index contributed by atoms with van der Waals surface area (Å²) in [4.78, 5) is 25.2. The van der Waals surface area contributed by atoms with Crippen molar-refractivity contribution < 1.29 is 19.4 Å².